The zero-order valence-electron chi connectivity index (χ0n) is 19.8. The van der Waals surface area contributed by atoms with Crippen molar-refractivity contribution >= 4 is 17.6 Å². The molecule has 0 saturated carbocycles. The highest BCUT2D eigenvalue weighted by Gasteiger charge is 2.21. The molecule has 34 heavy (non-hydrogen) atoms. The number of rotatable bonds is 8. The van der Waals surface area contributed by atoms with Gasteiger partial charge in [-0.3, -0.25) is 9.69 Å². The average Bonchev–Trinajstić information content (AvgIpc) is 3.19. The normalized spacial score (nSPS) is 14.0. The molecule has 0 saturated heterocycles. The quantitative estimate of drug-likeness (QED) is 0.389. The van der Waals surface area contributed by atoms with Crippen LogP contribution in [0.1, 0.15) is 44.7 Å². The molecule has 0 amide bonds. The Bertz CT molecular complexity index is 1140. The van der Waals surface area contributed by atoms with Crippen molar-refractivity contribution in [1.29, 1.82) is 0 Å². The van der Waals surface area contributed by atoms with E-state index in [1.54, 1.807) is 6.07 Å². The van der Waals surface area contributed by atoms with Gasteiger partial charge in [0.25, 0.3) is 5.89 Å². The van der Waals surface area contributed by atoms with Gasteiger partial charge >= 0.3 is 5.97 Å². The number of hydrogen-bond donors (Lipinski definition) is 0. The molecular formula is C26H30ClN3O4. The zero-order valence-corrected chi connectivity index (χ0v) is 20.6. The van der Waals surface area contributed by atoms with E-state index < -0.39 is 0 Å². The lowest BCUT2D eigenvalue weighted by atomic mass is 9.97. The Labute approximate surface area is 205 Å². The lowest BCUT2D eigenvalue weighted by molar-refractivity contribution is -0.143. The SMILES string of the molecule is CCOC(=O)CCN1CCCc2c(cccc2-c2noc(-c3ccc(OC(C)C)c(Cl)c3)n2)C1. The van der Waals surface area contributed by atoms with E-state index >= 15 is 0 Å². The van der Waals surface area contributed by atoms with Crippen LogP contribution >= 0.6 is 11.6 Å². The van der Waals surface area contributed by atoms with Crippen molar-refractivity contribution in [2.75, 3.05) is 19.7 Å². The van der Waals surface area contributed by atoms with Crippen molar-refractivity contribution in [2.24, 2.45) is 0 Å². The Balaban J connectivity index is 1.53. The third-order valence-electron chi connectivity index (χ3n) is 5.71. The summed E-state index contributed by atoms with van der Waals surface area (Å²) >= 11 is 6.39. The summed E-state index contributed by atoms with van der Waals surface area (Å²) in [7, 11) is 0. The molecule has 4 rings (SSSR count). The first-order valence-corrected chi connectivity index (χ1v) is 12.1. The smallest absolute Gasteiger partial charge is 0.307 e. The van der Waals surface area contributed by atoms with Gasteiger partial charge in [-0.1, -0.05) is 35.0 Å². The van der Waals surface area contributed by atoms with E-state index in [4.69, 9.17) is 25.6 Å². The van der Waals surface area contributed by atoms with Crippen LogP contribution in [0.2, 0.25) is 5.02 Å². The van der Waals surface area contributed by atoms with Gasteiger partial charge in [0, 0.05) is 24.2 Å². The van der Waals surface area contributed by atoms with Gasteiger partial charge in [-0.15, -0.1) is 0 Å². The lowest BCUT2D eigenvalue weighted by Gasteiger charge is -2.20. The predicted molar refractivity (Wildman–Crippen MR) is 131 cm³/mol. The lowest BCUT2D eigenvalue weighted by Crippen LogP contribution is -2.26. The highest BCUT2D eigenvalue weighted by Crippen LogP contribution is 2.33. The van der Waals surface area contributed by atoms with Gasteiger partial charge in [0.1, 0.15) is 5.75 Å². The molecule has 8 heteroatoms. The first kappa shape index (κ1) is 24.2. The number of nitrogens with zero attached hydrogens (tertiary/aromatic N) is 3. The van der Waals surface area contributed by atoms with Crippen LogP contribution in [0, 0.1) is 0 Å². The van der Waals surface area contributed by atoms with Crippen molar-refractivity contribution < 1.29 is 18.8 Å². The van der Waals surface area contributed by atoms with E-state index in [9.17, 15) is 4.79 Å². The van der Waals surface area contributed by atoms with E-state index in [-0.39, 0.29) is 12.1 Å². The van der Waals surface area contributed by atoms with Gasteiger partial charge in [-0.25, -0.2) is 0 Å². The third kappa shape index (κ3) is 5.77. The van der Waals surface area contributed by atoms with Gasteiger partial charge in [-0.05, 0) is 69.5 Å². The Hall–Kier alpha value is -2.90. The number of fused-ring (bicyclic) bond motifs is 1. The third-order valence-corrected chi connectivity index (χ3v) is 6.01. The predicted octanol–water partition coefficient (Wildman–Crippen LogP) is 5.55. The summed E-state index contributed by atoms with van der Waals surface area (Å²) in [5.74, 6) is 1.45. The molecule has 0 radical (unpaired) electrons. The maximum Gasteiger partial charge on any atom is 0.307 e. The Morgan fingerprint density at radius 2 is 2.12 bits per heavy atom. The molecule has 0 unspecified atom stereocenters. The van der Waals surface area contributed by atoms with Crippen LogP contribution in [0.25, 0.3) is 22.8 Å². The molecule has 0 fully saturated rings. The van der Waals surface area contributed by atoms with E-state index in [1.807, 2.05) is 45.0 Å². The number of halogens is 1. The van der Waals surface area contributed by atoms with Crippen LogP contribution in [0.5, 0.6) is 5.75 Å². The summed E-state index contributed by atoms with van der Waals surface area (Å²) in [6, 6.07) is 11.7. The minimum atomic E-state index is -0.149. The number of aromatic nitrogens is 2. The molecule has 3 aromatic rings. The monoisotopic (exact) mass is 483 g/mol. The fraction of sp³-hybridized carbons (Fsp3) is 0.423. The molecule has 2 aromatic carbocycles. The standard InChI is InChI=1S/C26H30ClN3O4/c1-4-32-24(31)12-14-30-13-6-9-20-19(16-30)7-5-8-21(20)25-28-26(34-29-25)18-10-11-23(22(27)15-18)33-17(2)3/h5,7-8,10-11,15,17H,4,6,9,12-14,16H2,1-3H3. The van der Waals surface area contributed by atoms with E-state index in [0.717, 1.165) is 37.1 Å². The zero-order chi connectivity index (χ0) is 24.1. The molecule has 1 aromatic heterocycles. The maximum absolute atomic E-state index is 11.8. The molecule has 0 aliphatic carbocycles. The summed E-state index contributed by atoms with van der Waals surface area (Å²) in [6.45, 7) is 8.55. The minimum Gasteiger partial charge on any atom is -0.489 e. The summed E-state index contributed by atoms with van der Waals surface area (Å²) in [5, 5.41) is 4.77. The van der Waals surface area contributed by atoms with Crippen molar-refractivity contribution in [1.82, 2.24) is 15.0 Å². The molecular weight excluding hydrogens is 454 g/mol. The molecule has 7 nitrogen and oxygen atoms in total. The van der Waals surface area contributed by atoms with E-state index in [0.29, 0.717) is 42.1 Å². The summed E-state index contributed by atoms with van der Waals surface area (Å²) in [6.07, 6.45) is 2.34. The number of hydrogen-bond acceptors (Lipinski definition) is 7. The fourth-order valence-electron chi connectivity index (χ4n) is 4.19. The van der Waals surface area contributed by atoms with Gasteiger partial charge in [0.05, 0.1) is 24.2 Å². The summed E-state index contributed by atoms with van der Waals surface area (Å²) < 4.78 is 16.4. The number of benzene rings is 2. The van der Waals surface area contributed by atoms with Crippen LogP contribution in [0.3, 0.4) is 0 Å². The largest absolute Gasteiger partial charge is 0.489 e. The van der Waals surface area contributed by atoms with Crippen LogP contribution < -0.4 is 4.74 Å². The number of esters is 1. The van der Waals surface area contributed by atoms with Gasteiger partial charge in [0.2, 0.25) is 5.82 Å². The molecule has 0 N–H and O–H groups in total. The number of ether oxygens (including phenoxy) is 2. The Morgan fingerprint density at radius 1 is 1.26 bits per heavy atom. The molecule has 0 spiro atoms. The minimum absolute atomic E-state index is 0.0350. The van der Waals surface area contributed by atoms with Crippen LogP contribution in [-0.2, 0) is 22.5 Å². The van der Waals surface area contributed by atoms with E-state index in [2.05, 4.69) is 21.1 Å². The van der Waals surface area contributed by atoms with Crippen molar-refractivity contribution in [2.45, 2.75) is 52.7 Å². The highest BCUT2D eigenvalue weighted by molar-refractivity contribution is 6.32. The second-order valence-electron chi connectivity index (χ2n) is 8.61. The first-order valence-electron chi connectivity index (χ1n) is 11.7. The maximum atomic E-state index is 11.8. The van der Waals surface area contributed by atoms with Gasteiger partial charge < -0.3 is 14.0 Å². The Morgan fingerprint density at radius 3 is 2.88 bits per heavy atom. The summed E-state index contributed by atoms with van der Waals surface area (Å²) in [5.41, 5.74) is 4.17. The van der Waals surface area contributed by atoms with Crippen molar-refractivity contribution in [3.63, 3.8) is 0 Å². The molecule has 1 aliphatic heterocycles. The molecule has 0 atom stereocenters. The Kier molecular flexibility index (Phi) is 7.85. The van der Waals surface area contributed by atoms with Crippen LogP contribution in [-0.4, -0.2) is 46.8 Å². The molecule has 180 valence electrons. The summed E-state index contributed by atoms with van der Waals surface area (Å²) in [4.78, 5) is 18.7. The second kappa shape index (κ2) is 11.0. The van der Waals surface area contributed by atoms with Gasteiger partial charge in [-0.2, -0.15) is 4.98 Å². The van der Waals surface area contributed by atoms with E-state index in [1.165, 1.54) is 11.1 Å². The van der Waals surface area contributed by atoms with Gasteiger partial charge in [0.15, 0.2) is 0 Å². The molecule has 2 heterocycles. The molecule has 1 aliphatic rings. The molecule has 0 bridgehead atoms. The van der Waals surface area contributed by atoms with Crippen molar-refractivity contribution in [3.05, 3.63) is 52.5 Å². The average molecular weight is 484 g/mol. The topological polar surface area (TPSA) is 77.7 Å². The number of carbonyl (C=O) groups excluding carboxylic acids is 1. The fourth-order valence-corrected chi connectivity index (χ4v) is 4.42. The van der Waals surface area contributed by atoms with Crippen LogP contribution in [0.4, 0.5) is 0 Å². The first-order chi connectivity index (χ1) is 16.4. The number of carbonyl (C=O) groups is 1. The second-order valence-corrected chi connectivity index (χ2v) is 9.02. The van der Waals surface area contributed by atoms with Crippen molar-refractivity contribution in [3.8, 4) is 28.6 Å². The highest BCUT2D eigenvalue weighted by atomic mass is 35.5. The van der Waals surface area contributed by atoms with Crippen LogP contribution in [0.15, 0.2) is 40.9 Å².